The molecule has 0 aromatic carbocycles. The van der Waals surface area contributed by atoms with E-state index >= 15 is 0 Å². The van der Waals surface area contributed by atoms with Gasteiger partial charge >= 0.3 is 0 Å². The van der Waals surface area contributed by atoms with Gasteiger partial charge in [-0.05, 0) is 25.5 Å². The molecule has 0 saturated carbocycles. The van der Waals surface area contributed by atoms with Crippen LogP contribution in [0.5, 0.6) is 0 Å². The Bertz CT molecular complexity index is 437. The molecule has 1 aromatic heterocycles. The van der Waals surface area contributed by atoms with Crippen LogP contribution in [0.1, 0.15) is 25.3 Å². The molecule has 0 bridgehead atoms. The molecule has 0 radical (unpaired) electrons. The quantitative estimate of drug-likeness (QED) is 0.633. The zero-order valence-electron chi connectivity index (χ0n) is 11.8. The number of nitrogens with two attached hydrogens (primary N) is 1. The minimum atomic E-state index is 0.107. The highest BCUT2D eigenvalue weighted by Crippen LogP contribution is 2.24. The number of nitrogens with zero attached hydrogens (tertiary/aromatic N) is 3. The monoisotopic (exact) mass is 261 g/mol. The highest BCUT2D eigenvalue weighted by molar-refractivity contribution is 6.00. The van der Waals surface area contributed by atoms with E-state index in [4.69, 9.17) is 11.1 Å². The first-order chi connectivity index (χ1) is 9.13. The summed E-state index contributed by atoms with van der Waals surface area (Å²) in [6.45, 7) is 5.61. The first-order valence-corrected chi connectivity index (χ1v) is 6.87. The highest BCUT2D eigenvalue weighted by Gasteiger charge is 2.23. The summed E-state index contributed by atoms with van der Waals surface area (Å²) in [6, 6.07) is 2.32. The third kappa shape index (κ3) is 3.04. The van der Waals surface area contributed by atoms with Gasteiger partial charge in [-0.25, -0.2) is 0 Å². The lowest BCUT2D eigenvalue weighted by Gasteiger charge is -2.37. The molecular formula is C14H23N5. The van der Waals surface area contributed by atoms with Crippen molar-refractivity contribution in [2.75, 3.05) is 31.6 Å². The minimum Gasteiger partial charge on any atom is -0.384 e. The van der Waals surface area contributed by atoms with Crippen molar-refractivity contribution in [2.45, 2.75) is 25.8 Å². The van der Waals surface area contributed by atoms with E-state index in [-0.39, 0.29) is 5.84 Å². The first-order valence-electron chi connectivity index (χ1n) is 6.87. The molecule has 104 valence electrons. The molecule has 1 fully saturated rings. The summed E-state index contributed by atoms with van der Waals surface area (Å²) in [5.41, 5.74) is 7.38. The Hall–Kier alpha value is -1.62. The van der Waals surface area contributed by atoms with Crippen LogP contribution >= 0.6 is 0 Å². The van der Waals surface area contributed by atoms with Crippen LogP contribution in [0.15, 0.2) is 18.5 Å². The van der Waals surface area contributed by atoms with E-state index in [0.717, 1.165) is 43.7 Å². The third-order valence-corrected chi connectivity index (χ3v) is 4.02. The summed E-state index contributed by atoms with van der Waals surface area (Å²) in [6.07, 6.45) is 5.80. The summed E-state index contributed by atoms with van der Waals surface area (Å²) in [5.74, 6) is 0.107. The van der Waals surface area contributed by atoms with Crippen molar-refractivity contribution in [2.24, 2.45) is 5.73 Å². The van der Waals surface area contributed by atoms with Gasteiger partial charge < -0.3 is 15.5 Å². The fourth-order valence-electron chi connectivity index (χ4n) is 2.71. The van der Waals surface area contributed by atoms with E-state index in [1.54, 1.807) is 6.20 Å². The van der Waals surface area contributed by atoms with Crippen LogP contribution in [0.2, 0.25) is 0 Å². The molecule has 2 heterocycles. The van der Waals surface area contributed by atoms with Gasteiger partial charge in [0.15, 0.2) is 0 Å². The first kappa shape index (κ1) is 13.8. The van der Waals surface area contributed by atoms with E-state index in [1.807, 2.05) is 12.3 Å². The van der Waals surface area contributed by atoms with E-state index < -0.39 is 0 Å². The Morgan fingerprint density at radius 1 is 1.53 bits per heavy atom. The second-order valence-electron chi connectivity index (χ2n) is 5.08. The molecule has 0 spiro atoms. The topological polar surface area (TPSA) is 69.2 Å². The van der Waals surface area contributed by atoms with Crippen molar-refractivity contribution in [1.29, 1.82) is 5.41 Å². The summed E-state index contributed by atoms with van der Waals surface area (Å²) in [4.78, 5) is 8.88. The lowest BCUT2D eigenvalue weighted by atomic mass is 10.0. The maximum Gasteiger partial charge on any atom is 0.125 e. The van der Waals surface area contributed by atoms with Gasteiger partial charge in [-0.2, -0.15) is 0 Å². The van der Waals surface area contributed by atoms with Crippen molar-refractivity contribution in [3.05, 3.63) is 24.0 Å². The van der Waals surface area contributed by atoms with Crippen LogP contribution in [0.4, 0.5) is 5.69 Å². The lowest BCUT2D eigenvalue weighted by molar-refractivity contribution is 0.221. The summed E-state index contributed by atoms with van der Waals surface area (Å²) in [7, 11) is 2.08. The molecule has 5 heteroatoms. The number of hydrogen-bond donors (Lipinski definition) is 2. The largest absolute Gasteiger partial charge is 0.384 e. The Kier molecular flexibility index (Phi) is 4.37. The molecule has 1 aliphatic heterocycles. The molecule has 0 unspecified atom stereocenters. The molecule has 2 rings (SSSR count). The lowest BCUT2D eigenvalue weighted by Crippen LogP contribution is -2.43. The fraction of sp³-hybridized carbons (Fsp3) is 0.571. The van der Waals surface area contributed by atoms with Crippen molar-refractivity contribution < 1.29 is 0 Å². The Labute approximate surface area is 114 Å². The normalized spacial score (nSPS) is 17.4. The van der Waals surface area contributed by atoms with E-state index in [9.17, 15) is 0 Å². The van der Waals surface area contributed by atoms with Crippen LogP contribution in [-0.2, 0) is 0 Å². The molecule has 5 nitrogen and oxygen atoms in total. The molecular weight excluding hydrogens is 238 g/mol. The number of nitrogen functional groups attached to an aromatic ring is 1. The Morgan fingerprint density at radius 2 is 2.21 bits per heavy atom. The molecule has 19 heavy (non-hydrogen) atoms. The summed E-state index contributed by atoms with van der Waals surface area (Å²) >= 11 is 0. The SMILES string of the molecule is CCN1CCC(N(C)c2cnccc2C(=N)N)CC1. The third-order valence-electron chi connectivity index (χ3n) is 4.02. The number of nitrogens with one attached hydrogen (secondary N) is 1. The van der Waals surface area contributed by atoms with Gasteiger partial charge in [0.25, 0.3) is 0 Å². The highest BCUT2D eigenvalue weighted by atomic mass is 15.2. The molecule has 0 aliphatic carbocycles. The maximum atomic E-state index is 7.66. The van der Waals surface area contributed by atoms with Gasteiger partial charge in [-0.15, -0.1) is 0 Å². The number of anilines is 1. The summed E-state index contributed by atoms with van der Waals surface area (Å²) < 4.78 is 0. The second kappa shape index (κ2) is 6.02. The smallest absolute Gasteiger partial charge is 0.125 e. The van der Waals surface area contributed by atoms with Crippen LogP contribution in [0, 0.1) is 5.41 Å². The van der Waals surface area contributed by atoms with Crippen LogP contribution in [0.25, 0.3) is 0 Å². The molecule has 1 aromatic rings. The van der Waals surface area contributed by atoms with Crippen molar-refractivity contribution in [3.63, 3.8) is 0 Å². The van der Waals surface area contributed by atoms with E-state index in [2.05, 4.69) is 28.8 Å². The maximum absolute atomic E-state index is 7.66. The van der Waals surface area contributed by atoms with Crippen LogP contribution in [0.3, 0.4) is 0 Å². The van der Waals surface area contributed by atoms with Gasteiger partial charge in [-0.1, -0.05) is 6.92 Å². The predicted octanol–water partition coefficient (Wildman–Crippen LogP) is 1.29. The Morgan fingerprint density at radius 3 is 2.79 bits per heavy atom. The molecule has 1 saturated heterocycles. The fourth-order valence-corrected chi connectivity index (χ4v) is 2.71. The van der Waals surface area contributed by atoms with Crippen molar-refractivity contribution >= 4 is 11.5 Å². The zero-order valence-corrected chi connectivity index (χ0v) is 11.8. The van der Waals surface area contributed by atoms with E-state index in [1.165, 1.54) is 0 Å². The minimum absolute atomic E-state index is 0.107. The number of pyridine rings is 1. The molecule has 1 aliphatic rings. The number of hydrogen-bond acceptors (Lipinski definition) is 4. The van der Waals surface area contributed by atoms with Crippen molar-refractivity contribution in [3.8, 4) is 0 Å². The number of aromatic nitrogens is 1. The second-order valence-corrected chi connectivity index (χ2v) is 5.08. The molecule has 0 atom stereocenters. The van der Waals surface area contributed by atoms with E-state index in [0.29, 0.717) is 6.04 Å². The molecule has 3 N–H and O–H groups in total. The van der Waals surface area contributed by atoms with Crippen molar-refractivity contribution in [1.82, 2.24) is 9.88 Å². The van der Waals surface area contributed by atoms with Gasteiger partial charge in [-0.3, -0.25) is 10.4 Å². The van der Waals surface area contributed by atoms with Gasteiger partial charge in [0, 0.05) is 37.9 Å². The average Bonchev–Trinajstić information content (AvgIpc) is 2.46. The summed E-state index contributed by atoms with van der Waals surface area (Å²) in [5, 5.41) is 7.66. The van der Waals surface area contributed by atoms with Crippen LogP contribution < -0.4 is 10.6 Å². The average molecular weight is 261 g/mol. The standard InChI is InChI=1S/C14H23N5/c1-3-19-8-5-11(6-9-19)18(2)13-10-17-7-4-12(13)14(15)16/h4,7,10-11H,3,5-6,8-9H2,1-2H3,(H3,15,16). The van der Waals surface area contributed by atoms with Gasteiger partial charge in [0.05, 0.1) is 11.9 Å². The van der Waals surface area contributed by atoms with Crippen LogP contribution in [-0.4, -0.2) is 48.4 Å². The predicted molar refractivity (Wildman–Crippen MR) is 78.8 cm³/mol. The number of piperidine rings is 1. The zero-order chi connectivity index (χ0) is 13.8. The van der Waals surface area contributed by atoms with Gasteiger partial charge in [0.1, 0.15) is 5.84 Å². The number of amidine groups is 1. The Balaban J connectivity index is 2.12. The van der Waals surface area contributed by atoms with Gasteiger partial charge in [0.2, 0.25) is 0 Å². The number of likely N-dealkylation sites (tertiary alicyclic amines) is 1. The molecule has 0 amide bonds. The number of rotatable bonds is 4.